The fourth-order valence-electron chi connectivity index (χ4n) is 4.79. The highest BCUT2D eigenvalue weighted by atomic mass is 19.2. The van der Waals surface area contributed by atoms with Crippen LogP contribution in [0.1, 0.15) is 38.8 Å². The van der Waals surface area contributed by atoms with Gasteiger partial charge in [-0.3, -0.25) is 9.79 Å². The third-order valence-corrected chi connectivity index (χ3v) is 7.01. The van der Waals surface area contributed by atoms with Gasteiger partial charge < -0.3 is 20.2 Å². The van der Waals surface area contributed by atoms with E-state index in [9.17, 15) is 13.6 Å². The van der Waals surface area contributed by atoms with Crippen LogP contribution in [0.15, 0.2) is 52.9 Å². The number of carbonyl (C=O) groups is 1. The third-order valence-electron chi connectivity index (χ3n) is 7.01. The molecule has 2 heterocycles. The van der Waals surface area contributed by atoms with E-state index in [4.69, 9.17) is 10.5 Å². The second-order valence-electron chi connectivity index (χ2n) is 9.60. The predicted octanol–water partition coefficient (Wildman–Crippen LogP) is 4.69. The molecule has 1 aliphatic rings. The summed E-state index contributed by atoms with van der Waals surface area (Å²) < 4.78 is 37.0. The van der Waals surface area contributed by atoms with Crippen molar-refractivity contribution in [3.05, 3.63) is 65.3 Å². The van der Waals surface area contributed by atoms with Gasteiger partial charge in [0.05, 0.1) is 24.2 Å². The second-order valence-corrected chi connectivity index (χ2v) is 9.60. The summed E-state index contributed by atoms with van der Waals surface area (Å²) >= 11 is 0. The zero-order valence-electron chi connectivity index (χ0n) is 21.6. The fourth-order valence-corrected chi connectivity index (χ4v) is 4.79. The van der Waals surface area contributed by atoms with Crippen molar-refractivity contribution in [1.82, 2.24) is 14.7 Å². The maximum absolute atomic E-state index is 15.0. The average molecular weight is 510 g/mol. The Morgan fingerprint density at radius 1 is 1.27 bits per heavy atom. The molecule has 3 N–H and O–H groups in total. The number of nitrogens with two attached hydrogens (primary N) is 1. The van der Waals surface area contributed by atoms with Crippen molar-refractivity contribution in [3.8, 4) is 16.9 Å². The summed E-state index contributed by atoms with van der Waals surface area (Å²) in [5.74, 6) is -1.92. The third kappa shape index (κ3) is 5.41. The first-order valence-corrected chi connectivity index (χ1v) is 12.4. The standard InChI is InChI=1S/C28H33F2N5O2/c1-16-11-19(12-16)27(36)26(31)21(17(2)33-4)9-10-37-28-22(6-7-23(29)25(28)30)18-5-8-24-34-14-20(13-32-3)35(24)15-18/h5-8,14-16,19,32H,9-13,31H2,1-4H3/b26-21-,33-17?. The lowest BCUT2D eigenvalue weighted by molar-refractivity contribution is -0.122. The fraction of sp³-hybridized carbons (Fsp3) is 0.393. The van der Waals surface area contributed by atoms with Crippen LogP contribution in [-0.2, 0) is 11.3 Å². The number of nitrogens with zero attached hydrogens (tertiary/aromatic N) is 3. The topological polar surface area (TPSA) is 94.0 Å². The van der Waals surface area contributed by atoms with Crippen LogP contribution < -0.4 is 15.8 Å². The Morgan fingerprint density at radius 2 is 2.03 bits per heavy atom. The molecule has 0 amide bonds. The number of carbonyl (C=O) groups excluding carboxylic acids is 1. The Labute approximate surface area is 215 Å². The Kier molecular flexibility index (Phi) is 8.02. The van der Waals surface area contributed by atoms with Gasteiger partial charge in [-0.15, -0.1) is 0 Å². The number of aromatic nitrogens is 2. The Hall–Kier alpha value is -3.59. The number of allylic oxidation sites excluding steroid dienone is 1. The highest BCUT2D eigenvalue weighted by Crippen LogP contribution is 2.36. The first-order chi connectivity index (χ1) is 17.7. The number of rotatable bonds is 10. The number of halogens is 2. The lowest BCUT2D eigenvalue weighted by Gasteiger charge is -2.31. The van der Waals surface area contributed by atoms with E-state index in [0.717, 1.165) is 30.2 Å². The summed E-state index contributed by atoms with van der Waals surface area (Å²) in [7, 11) is 3.46. The minimum Gasteiger partial charge on any atom is -0.489 e. The van der Waals surface area contributed by atoms with Gasteiger partial charge in [-0.05, 0) is 57.0 Å². The molecule has 1 aromatic carbocycles. The molecule has 196 valence electrons. The number of benzene rings is 1. The van der Waals surface area contributed by atoms with Crippen molar-refractivity contribution < 1.29 is 18.3 Å². The van der Waals surface area contributed by atoms with Gasteiger partial charge in [0.2, 0.25) is 5.82 Å². The maximum Gasteiger partial charge on any atom is 0.201 e. The number of hydrogen-bond donors (Lipinski definition) is 2. The number of nitrogens with one attached hydrogen (secondary N) is 1. The smallest absolute Gasteiger partial charge is 0.201 e. The SMILES string of the molecule is CN=C(C)/C(CCOc1c(-c2ccc3ncc(CNC)n3c2)ccc(F)c1F)=C(\N)C(=O)C1CC(C)C1. The molecule has 0 saturated heterocycles. The number of ether oxygens (including phenoxy) is 1. The van der Waals surface area contributed by atoms with Crippen LogP contribution in [0, 0.1) is 23.5 Å². The number of ketones is 1. The number of imidazole rings is 1. The number of Topliss-reactive ketones (excluding diaryl/α,β-unsaturated/α-hetero) is 1. The summed E-state index contributed by atoms with van der Waals surface area (Å²) in [6.07, 6.45) is 5.45. The van der Waals surface area contributed by atoms with Crippen LogP contribution >= 0.6 is 0 Å². The monoisotopic (exact) mass is 509 g/mol. The molecule has 37 heavy (non-hydrogen) atoms. The van der Waals surface area contributed by atoms with Gasteiger partial charge in [-0.25, -0.2) is 9.37 Å². The Balaban J connectivity index is 1.61. The molecule has 3 aromatic rings. The molecule has 1 saturated carbocycles. The van der Waals surface area contributed by atoms with Crippen molar-refractivity contribution in [2.75, 3.05) is 20.7 Å². The Bertz CT molecular complexity index is 1370. The summed E-state index contributed by atoms with van der Waals surface area (Å²) in [5.41, 5.74) is 10.4. The van der Waals surface area contributed by atoms with Crippen LogP contribution in [0.5, 0.6) is 5.75 Å². The lowest BCUT2D eigenvalue weighted by atomic mass is 9.73. The molecule has 0 unspecified atom stereocenters. The van der Waals surface area contributed by atoms with Crippen LogP contribution in [0.2, 0.25) is 0 Å². The second kappa shape index (κ2) is 11.2. The summed E-state index contributed by atoms with van der Waals surface area (Å²) in [4.78, 5) is 21.4. The molecule has 2 aromatic heterocycles. The van der Waals surface area contributed by atoms with Crippen molar-refractivity contribution in [1.29, 1.82) is 0 Å². The van der Waals surface area contributed by atoms with Crippen LogP contribution in [-0.4, -0.2) is 41.6 Å². The number of fused-ring (bicyclic) bond motifs is 1. The molecule has 0 spiro atoms. The molecule has 0 radical (unpaired) electrons. The van der Waals surface area contributed by atoms with Gasteiger partial charge in [0, 0.05) is 54.5 Å². The zero-order chi connectivity index (χ0) is 26.7. The van der Waals surface area contributed by atoms with E-state index in [0.29, 0.717) is 34.9 Å². The molecule has 1 fully saturated rings. The van der Waals surface area contributed by atoms with Crippen LogP contribution in [0.4, 0.5) is 8.78 Å². The van der Waals surface area contributed by atoms with Crippen molar-refractivity contribution in [3.63, 3.8) is 0 Å². The van der Waals surface area contributed by atoms with Crippen LogP contribution in [0.25, 0.3) is 16.8 Å². The molecule has 0 atom stereocenters. The summed E-state index contributed by atoms with van der Waals surface area (Å²) in [5, 5.41) is 3.09. The highest BCUT2D eigenvalue weighted by molar-refractivity contribution is 6.08. The Morgan fingerprint density at radius 3 is 2.70 bits per heavy atom. The molecular formula is C28H33F2N5O2. The van der Waals surface area contributed by atoms with Crippen molar-refractivity contribution in [2.45, 2.75) is 39.7 Å². The zero-order valence-corrected chi connectivity index (χ0v) is 21.6. The largest absolute Gasteiger partial charge is 0.489 e. The van der Waals surface area contributed by atoms with Gasteiger partial charge in [-0.2, -0.15) is 4.39 Å². The van der Waals surface area contributed by atoms with Gasteiger partial charge >= 0.3 is 0 Å². The van der Waals surface area contributed by atoms with E-state index >= 15 is 0 Å². The van der Waals surface area contributed by atoms with E-state index in [1.807, 2.05) is 23.7 Å². The number of hydrogen-bond acceptors (Lipinski definition) is 6. The number of aliphatic imine (C=N–C) groups is 1. The van der Waals surface area contributed by atoms with E-state index in [-0.39, 0.29) is 36.2 Å². The summed E-state index contributed by atoms with van der Waals surface area (Å²) in [6.45, 7) is 4.46. The molecule has 0 aliphatic heterocycles. The first kappa shape index (κ1) is 26.5. The van der Waals surface area contributed by atoms with E-state index in [2.05, 4.69) is 22.2 Å². The molecule has 0 bridgehead atoms. The normalized spacial score (nSPS) is 18.5. The minimum absolute atomic E-state index is 0.0110. The van der Waals surface area contributed by atoms with Gasteiger partial charge in [0.25, 0.3) is 0 Å². The lowest BCUT2D eigenvalue weighted by Crippen LogP contribution is -2.33. The van der Waals surface area contributed by atoms with Crippen molar-refractivity contribution >= 4 is 17.1 Å². The van der Waals surface area contributed by atoms with Crippen LogP contribution in [0.3, 0.4) is 0 Å². The molecule has 9 heteroatoms. The van der Waals surface area contributed by atoms with E-state index in [1.165, 1.54) is 6.07 Å². The van der Waals surface area contributed by atoms with Gasteiger partial charge in [0.15, 0.2) is 17.3 Å². The molecular weight excluding hydrogens is 476 g/mol. The molecule has 4 rings (SSSR count). The highest BCUT2D eigenvalue weighted by Gasteiger charge is 2.33. The van der Waals surface area contributed by atoms with Gasteiger partial charge in [0.1, 0.15) is 5.65 Å². The van der Waals surface area contributed by atoms with E-state index in [1.54, 1.807) is 26.2 Å². The number of pyridine rings is 1. The predicted molar refractivity (Wildman–Crippen MR) is 141 cm³/mol. The summed E-state index contributed by atoms with van der Waals surface area (Å²) in [6, 6.07) is 6.18. The maximum atomic E-state index is 15.0. The quantitative estimate of drug-likeness (QED) is 0.306. The molecule has 1 aliphatic carbocycles. The minimum atomic E-state index is -1.07. The molecule has 7 nitrogen and oxygen atoms in total. The van der Waals surface area contributed by atoms with E-state index < -0.39 is 11.6 Å². The van der Waals surface area contributed by atoms with Crippen molar-refractivity contribution in [2.24, 2.45) is 22.6 Å². The first-order valence-electron chi connectivity index (χ1n) is 12.4. The average Bonchev–Trinajstić information content (AvgIpc) is 3.28. The van der Waals surface area contributed by atoms with Gasteiger partial charge in [-0.1, -0.05) is 6.92 Å².